The standard InChI is InChI=1S/C15H25BrS/c1-2-3-4-5-6-7-8-10-14(16)13-15-11-9-12-17-15/h9,11-12,14H,2-8,10,13H2,1H3. The summed E-state index contributed by atoms with van der Waals surface area (Å²) in [7, 11) is 0. The summed E-state index contributed by atoms with van der Waals surface area (Å²) in [4.78, 5) is 2.19. The third-order valence-electron chi connectivity index (χ3n) is 3.12. The van der Waals surface area contributed by atoms with E-state index in [9.17, 15) is 0 Å². The van der Waals surface area contributed by atoms with E-state index in [2.05, 4.69) is 40.4 Å². The number of halogens is 1. The highest BCUT2D eigenvalue weighted by Crippen LogP contribution is 2.20. The second-order valence-electron chi connectivity index (χ2n) is 4.79. The molecule has 1 rings (SSSR count). The van der Waals surface area contributed by atoms with Gasteiger partial charge in [0.1, 0.15) is 0 Å². The molecule has 0 aromatic carbocycles. The van der Waals surface area contributed by atoms with Crippen LogP contribution in [0.15, 0.2) is 17.5 Å². The molecule has 1 aromatic rings. The lowest BCUT2D eigenvalue weighted by Gasteiger charge is -2.08. The lowest BCUT2D eigenvalue weighted by Crippen LogP contribution is -2.01. The van der Waals surface area contributed by atoms with E-state index in [1.54, 1.807) is 0 Å². The maximum absolute atomic E-state index is 3.80. The van der Waals surface area contributed by atoms with Crippen molar-refractivity contribution < 1.29 is 0 Å². The first-order valence-corrected chi connectivity index (χ1v) is 8.79. The fourth-order valence-corrected chi connectivity index (χ4v) is 3.75. The minimum atomic E-state index is 0.678. The first kappa shape index (κ1) is 15.2. The van der Waals surface area contributed by atoms with Gasteiger partial charge in [-0.25, -0.2) is 0 Å². The first-order chi connectivity index (χ1) is 8.33. The van der Waals surface area contributed by atoms with Crippen LogP contribution in [0.1, 0.15) is 63.2 Å². The largest absolute Gasteiger partial charge is 0.149 e. The molecule has 0 N–H and O–H groups in total. The molecule has 1 atom stereocenters. The second-order valence-corrected chi connectivity index (χ2v) is 7.12. The molecular weight excluding hydrogens is 292 g/mol. The number of alkyl halides is 1. The molecule has 0 spiro atoms. The normalized spacial score (nSPS) is 12.8. The lowest BCUT2D eigenvalue weighted by molar-refractivity contribution is 0.571. The van der Waals surface area contributed by atoms with Crippen molar-refractivity contribution in [2.75, 3.05) is 0 Å². The van der Waals surface area contributed by atoms with E-state index < -0.39 is 0 Å². The van der Waals surface area contributed by atoms with Crippen LogP contribution in [0.3, 0.4) is 0 Å². The summed E-state index contributed by atoms with van der Waals surface area (Å²) in [6, 6.07) is 4.39. The molecule has 0 nitrogen and oxygen atoms in total. The Bertz CT molecular complexity index is 256. The average molecular weight is 317 g/mol. The predicted octanol–water partition coefficient (Wildman–Crippen LogP) is 6.19. The Morgan fingerprint density at radius 3 is 2.47 bits per heavy atom. The van der Waals surface area contributed by atoms with Gasteiger partial charge in [0, 0.05) is 9.70 Å². The fraction of sp³-hybridized carbons (Fsp3) is 0.733. The van der Waals surface area contributed by atoms with Crippen LogP contribution < -0.4 is 0 Å². The fourth-order valence-electron chi connectivity index (χ4n) is 2.07. The number of hydrogen-bond donors (Lipinski definition) is 0. The van der Waals surface area contributed by atoms with Crippen molar-refractivity contribution in [3.63, 3.8) is 0 Å². The topological polar surface area (TPSA) is 0 Å². The molecule has 2 heteroatoms. The van der Waals surface area contributed by atoms with E-state index in [1.165, 1.54) is 62.7 Å². The molecule has 0 saturated carbocycles. The number of hydrogen-bond acceptors (Lipinski definition) is 1. The lowest BCUT2D eigenvalue weighted by atomic mass is 10.1. The molecule has 0 saturated heterocycles. The van der Waals surface area contributed by atoms with Crippen LogP contribution in [0.5, 0.6) is 0 Å². The summed E-state index contributed by atoms with van der Waals surface area (Å²) < 4.78 is 0. The van der Waals surface area contributed by atoms with Crippen LogP contribution in [0, 0.1) is 0 Å². The second kappa shape index (κ2) is 10.1. The van der Waals surface area contributed by atoms with Crippen molar-refractivity contribution in [1.82, 2.24) is 0 Å². The smallest absolute Gasteiger partial charge is 0.0194 e. The minimum Gasteiger partial charge on any atom is -0.149 e. The van der Waals surface area contributed by atoms with Crippen LogP contribution in [-0.2, 0) is 6.42 Å². The molecule has 1 aromatic heterocycles. The molecule has 0 aliphatic rings. The summed E-state index contributed by atoms with van der Waals surface area (Å²) in [6.07, 6.45) is 12.4. The quantitative estimate of drug-likeness (QED) is 0.356. The van der Waals surface area contributed by atoms with Crippen molar-refractivity contribution in [2.24, 2.45) is 0 Å². The molecule has 1 heterocycles. The highest BCUT2D eigenvalue weighted by molar-refractivity contribution is 9.09. The summed E-state index contributed by atoms with van der Waals surface area (Å²) in [5.74, 6) is 0. The zero-order chi connectivity index (χ0) is 12.3. The number of rotatable bonds is 10. The Kier molecular flexibility index (Phi) is 9.08. The van der Waals surface area contributed by atoms with Crippen LogP contribution in [0.4, 0.5) is 0 Å². The van der Waals surface area contributed by atoms with E-state index >= 15 is 0 Å². The van der Waals surface area contributed by atoms with Crippen LogP contribution in [0.25, 0.3) is 0 Å². The molecule has 0 bridgehead atoms. The highest BCUT2D eigenvalue weighted by atomic mass is 79.9. The van der Waals surface area contributed by atoms with E-state index in [0.717, 1.165) is 0 Å². The van der Waals surface area contributed by atoms with Gasteiger partial charge in [0.2, 0.25) is 0 Å². The van der Waals surface area contributed by atoms with Gasteiger partial charge >= 0.3 is 0 Å². The maximum atomic E-state index is 3.80. The Labute approximate surface area is 119 Å². The summed E-state index contributed by atoms with van der Waals surface area (Å²) in [5, 5.41) is 2.17. The SMILES string of the molecule is CCCCCCCCCC(Br)Cc1cccs1. The van der Waals surface area contributed by atoms with Gasteiger partial charge in [-0.15, -0.1) is 11.3 Å². The molecule has 0 radical (unpaired) electrons. The van der Waals surface area contributed by atoms with E-state index in [4.69, 9.17) is 0 Å². The zero-order valence-corrected chi connectivity index (χ0v) is 13.4. The molecule has 0 fully saturated rings. The van der Waals surface area contributed by atoms with Gasteiger partial charge in [0.15, 0.2) is 0 Å². The van der Waals surface area contributed by atoms with Gasteiger partial charge in [-0.05, 0) is 24.3 Å². The Morgan fingerprint density at radius 2 is 1.82 bits per heavy atom. The molecule has 0 amide bonds. The van der Waals surface area contributed by atoms with Crippen molar-refractivity contribution in [1.29, 1.82) is 0 Å². The molecule has 17 heavy (non-hydrogen) atoms. The maximum Gasteiger partial charge on any atom is 0.0194 e. The van der Waals surface area contributed by atoms with Gasteiger partial charge in [0.25, 0.3) is 0 Å². The van der Waals surface area contributed by atoms with Crippen LogP contribution >= 0.6 is 27.3 Å². The van der Waals surface area contributed by atoms with Crippen LogP contribution in [-0.4, -0.2) is 4.83 Å². The van der Waals surface area contributed by atoms with Crippen molar-refractivity contribution in [3.8, 4) is 0 Å². The third-order valence-corrected chi connectivity index (χ3v) is 4.80. The summed E-state index contributed by atoms with van der Waals surface area (Å²) >= 11 is 5.67. The van der Waals surface area contributed by atoms with Crippen molar-refractivity contribution in [3.05, 3.63) is 22.4 Å². The van der Waals surface area contributed by atoms with Gasteiger partial charge in [-0.1, -0.05) is 73.9 Å². The molecule has 1 unspecified atom stereocenters. The number of thiophene rings is 1. The van der Waals surface area contributed by atoms with Crippen LogP contribution in [0.2, 0.25) is 0 Å². The van der Waals surface area contributed by atoms with Gasteiger partial charge in [-0.3, -0.25) is 0 Å². The van der Waals surface area contributed by atoms with E-state index in [0.29, 0.717) is 4.83 Å². The summed E-state index contributed by atoms with van der Waals surface area (Å²) in [5.41, 5.74) is 0. The monoisotopic (exact) mass is 316 g/mol. The Balaban J connectivity index is 1.92. The zero-order valence-electron chi connectivity index (χ0n) is 11.0. The molecule has 0 aliphatic carbocycles. The highest BCUT2D eigenvalue weighted by Gasteiger charge is 2.05. The van der Waals surface area contributed by atoms with E-state index in [-0.39, 0.29) is 0 Å². The molecule has 0 aliphatic heterocycles. The van der Waals surface area contributed by atoms with E-state index in [1.807, 2.05) is 11.3 Å². The van der Waals surface area contributed by atoms with Gasteiger partial charge in [-0.2, -0.15) is 0 Å². The average Bonchev–Trinajstić information content (AvgIpc) is 2.80. The van der Waals surface area contributed by atoms with Gasteiger partial charge in [0.05, 0.1) is 0 Å². The minimum absolute atomic E-state index is 0.678. The molecular formula is C15H25BrS. The predicted molar refractivity (Wildman–Crippen MR) is 83.3 cm³/mol. The Hall–Kier alpha value is 0.180. The number of unbranched alkanes of at least 4 members (excludes halogenated alkanes) is 6. The van der Waals surface area contributed by atoms with Gasteiger partial charge < -0.3 is 0 Å². The third kappa shape index (κ3) is 7.99. The Morgan fingerprint density at radius 1 is 1.12 bits per heavy atom. The van der Waals surface area contributed by atoms with Crippen molar-refractivity contribution >= 4 is 27.3 Å². The van der Waals surface area contributed by atoms with Crippen molar-refractivity contribution in [2.45, 2.75) is 69.5 Å². The first-order valence-electron chi connectivity index (χ1n) is 6.99. The molecule has 98 valence electrons. The summed E-state index contributed by atoms with van der Waals surface area (Å²) in [6.45, 7) is 2.28.